The van der Waals surface area contributed by atoms with Gasteiger partial charge in [0.1, 0.15) is 12.7 Å². The third-order valence-electron chi connectivity index (χ3n) is 2.13. The molecule has 19 heavy (non-hydrogen) atoms. The molecule has 1 atom stereocenters. The molecule has 0 spiro atoms. The van der Waals surface area contributed by atoms with Gasteiger partial charge < -0.3 is 24.4 Å². The molecule has 112 valence electrons. The number of unbranched alkanes of at least 4 members (excludes halogenated alkanes) is 1. The van der Waals surface area contributed by atoms with Crippen molar-refractivity contribution in [2.24, 2.45) is 0 Å². The molecule has 6 nitrogen and oxygen atoms in total. The van der Waals surface area contributed by atoms with Crippen LogP contribution in [0.15, 0.2) is 0 Å². The van der Waals surface area contributed by atoms with E-state index in [0.29, 0.717) is 19.8 Å². The zero-order valence-corrected chi connectivity index (χ0v) is 12.0. The highest BCUT2D eigenvalue weighted by atomic mass is 32.1. The summed E-state index contributed by atoms with van der Waals surface area (Å²) in [5.41, 5.74) is 0. The van der Waals surface area contributed by atoms with Crippen molar-refractivity contribution in [2.75, 3.05) is 33.0 Å². The van der Waals surface area contributed by atoms with Gasteiger partial charge >= 0.3 is 5.97 Å². The highest BCUT2D eigenvalue weighted by molar-refractivity contribution is 7.80. The standard InChI is InChI=1S/C12H22O6S/c1-2-3-4-16-5-6-17-7-8-18-12(19)10(13)9-11(14)15/h10,13H,2-9H2,1H3,(H,14,15). The number of thiocarbonyl (C=S) groups is 1. The van der Waals surface area contributed by atoms with Gasteiger partial charge in [-0.05, 0) is 18.6 Å². The summed E-state index contributed by atoms with van der Waals surface area (Å²) in [7, 11) is 0. The van der Waals surface area contributed by atoms with Gasteiger partial charge in [-0.15, -0.1) is 0 Å². The summed E-state index contributed by atoms with van der Waals surface area (Å²) < 4.78 is 15.5. The van der Waals surface area contributed by atoms with E-state index in [9.17, 15) is 9.90 Å². The molecule has 0 rings (SSSR count). The van der Waals surface area contributed by atoms with Crippen molar-refractivity contribution < 1.29 is 29.2 Å². The van der Waals surface area contributed by atoms with E-state index in [1.165, 1.54) is 0 Å². The largest absolute Gasteiger partial charge is 0.482 e. The molecule has 0 aromatic heterocycles. The first-order valence-electron chi connectivity index (χ1n) is 6.30. The molecule has 1 unspecified atom stereocenters. The number of aliphatic carboxylic acids is 1. The fourth-order valence-electron chi connectivity index (χ4n) is 1.11. The SMILES string of the molecule is CCCCOCCOCCOC(=S)C(O)CC(=O)O. The molecule has 0 fully saturated rings. The minimum Gasteiger partial charge on any atom is -0.482 e. The fraction of sp³-hybridized carbons (Fsp3) is 0.833. The number of ether oxygens (including phenoxy) is 3. The lowest BCUT2D eigenvalue weighted by molar-refractivity contribution is -0.138. The second-order valence-corrected chi connectivity index (χ2v) is 4.26. The molecule has 0 radical (unpaired) electrons. The molecular weight excluding hydrogens is 272 g/mol. The van der Waals surface area contributed by atoms with Gasteiger partial charge in [0.05, 0.1) is 26.2 Å². The predicted octanol–water partition coefficient (Wildman–Crippen LogP) is 0.999. The van der Waals surface area contributed by atoms with Crippen LogP contribution in [-0.4, -0.2) is 60.4 Å². The van der Waals surface area contributed by atoms with Crippen molar-refractivity contribution in [2.45, 2.75) is 32.3 Å². The molecule has 0 heterocycles. The van der Waals surface area contributed by atoms with Crippen molar-refractivity contribution in [3.05, 3.63) is 0 Å². The highest BCUT2D eigenvalue weighted by Crippen LogP contribution is 1.98. The maximum absolute atomic E-state index is 10.3. The van der Waals surface area contributed by atoms with Gasteiger partial charge in [-0.1, -0.05) is 13.3 Å². The monoisotopic (exact) mass is 294 g/mol. The molecule has 0 aliphatic carbocycles. The molecule has 0 saturated carbocycles. The summed E-state index contributed by atoms with van der Waals surface area (Å²) >= 11 is 4.73. The molecule has 0 saturated heterocycles. The first-order valence-corrected chi connectivity index (χ1v) is 6.70. The number of carbonyl (C=O) groups is 1. The molecule has 0 aromatic rings. The number of rotatable bonds is 12. The Balaban J connectivity index is 3.34. The minimum atomic E-state index is -1.26. The average Bonchev–Trinajstić information content (AvgIpc) is 2.35. The van der Waals surface area contributed by atoms with Crippen LogP contribution in [-0.2, 0) is 19.0 Å². The van der Waals surface area contributed by atoms with Crippen LogP contribution in [0, 0.1) is 0 Å². The molecule has 2 N–H and O–H groups in total. The van der Waals surface area contributed by atoms with E-state index in [4.69, 9.17) is 31.5 Å². The Hall–Kier alpha value is -0.760. The first-order chi connectivity index (χ1) is 9.07. The van der Waals surface area contributed by atoms with Gasteiger partial charge in [0, 0.05) is 6.61 Å². The second kappa shape index (κ2) is 12.3. The van der Waals surface area contributed by atoms with E-state index in [1.54, 1.807) is 0 Å². The Labute approximate surface area is 118 Å². The Bertz CT molecular complexity index is 259. The Kier molecular flexibility index (Phi) is 11.8. The van der Waals surface area contributed by atoms with E-state index < -0.39 is 18.5 Å². The van der Waals surface area contributed by atoms with Crippen LogP contribution in [0.3, 0.4) is 0 Å². The lowest BCUT2D eigenvalue weighted by Gasteiger charge is -2.11. The Morgan fingerprint density at radius 1 is 1.16 bits per heavy atom. The van der Waals surface area contributed by atoms with Crippen LogP contribution in [0.1, 0.15) is 26.2 Å². The molecule has 0 aromatic carbocycles. The van der Waals surface area contributed by atoms with E-state index in [-0.39, 0.29) is 11.7 Å². The van der Waals surface area contributed by atoms with E-state index in [1.807, 2.05) is 0 Å². The number of aliphatic hydroxyl groups excluding tert-OH is 1. The van der Waals surface area contributed by atoms with Crippen molar-refractivity contribution in [3.8, 4) is 0 Å². The number of carboxylic acids is 1. The van der Waals surface area contributed by atoms with Crippen molar-refractivity contribution >= 4 is 23.2 Å². The minimum absolute atomic E-state index is 0.120. The summed E-state index contributed by atoms with van der Waals surface area (Å²) in [6.07, 6.45) is 0.430. The van der Waals surface area contributed by atoms with Crippen LogP contribution >= 0.6 is 12.2 Å². The number of aliphatic hydroxyl groups is 1. The van der Waals surface area contributed by atoms with Crippen molar-refractivity contribution in [3.63, 3.8) is 0 Å². The average molecular weight is 294 g/mol. The van der Waals surface area contributed by atoms with Crippen molar-refractivity contribution in [1.82, 2.24) is 0 Å². The maximum Gasteiger partial charge on any atom is 0.306 e. The lowest BCUT2D eigenvalue weighted by atomic mass is 10.3. The first kappa shape index (κ1) is 18.2. The summed E-state index contributed by atoms with van der Waals surface area (Å²) in [6, 6.07) is 0. The van der Waals surface area contributed by atoms with Crippen LogP contribution in [0.5, 0.6) is 0 Å². The van der Waals surface area contributed by atoms with Gasteiger partial charge in [0.15, 0.2) is 5.05 Å². The number of hydrogen-bond donors (Lipinski definition) is 2. The molecule has 7 heteroatoms. The zero-order valence-electron chi connectivity index (χ0n) is 11.2. The van der Waals surface area contributed by atoms with Gasteiger partial charge in [-0.3, -0.25) is 4.79 Å². The molecule has 0 bridgehead atoms. The Morgan fingerprint density at radius 3 is 2.32 bits per heavy atom. The third kappa shape index (κ3) is 12.0. The summed E-state index contributed by atoms with van der Waals surface area (Å²) in [6.45, 7) is 4.34. The van der Waals surface area contributed by atoms with Crippen LogP contribution in [0.2, 0.25) is 0 Å². The normalized spacial score (nSPS) is 12.1. The molecular formula is C12H22O6S. The summed E-state index contributed by atoms with van der Waals surface area (Å²) in [4.78, 5) is 10.3. The topological polar surface area (TPSA) is 85.2 Å². The predicted molar refractivity (Wildman–Crippen MR) is 73.4 cm³/mol. The second-order valence-electron chi connectivity index (χ2n) is 3.86. The van der Waals surface area contributed by atoms with Gasteiger partial charge in [0.2, 0.25) is 0 Å². The quantitative estimate of drug-likeness (QED) is 0.410. The van der Waals surface area contributed by atoms with Gasteiger partial charge in [0.25, 0.3) is 0 Å². The van der Waals surface area contributed by atoms with Crippen LogP contribution < -0.4 is 0 Å². The summed E-state index contributed by atoms with van der Waals surface area (Å²) in [5, 5.41) is 17.6. The van der Waals surface area contributed by atoms with Crippen LogP contribution in [0.25, 0.3) is 0 Å². The third-order valence-corrected chi connectivity index (χ3v) is 2.52. The highest BCUT2D eigenvalue weighted by Gasteiger charge is 2.15. The van der Waals surface area contributed by atoms with E-state index in [0.717, 1.165) is 19.4 Å². The van der Waals surface area contributed by atoms with E-state index in [2.05, 4.69) is 6.92 Å². The maximum atomic E-state index is 10.3. The van der Waals surface area contributed by atoms with Crippen LogP contribution in [0.4, 0.5) is 0 Å². The number of hydrogen-bond acceptors (Lipinski definition) is 6. The Morgan fingerprint density at radius 2 is 1.74 bits per heavy atom. The smallest absolute Gasteiger partial charge is 0.306 e. The van der Waals surface area contributed by atoms with E-state index >= 15 is 0 Å². The molecule has 0 amide bonds. The van der Waals surface area contributed by atoms with Gasteiger partial charge in [-0.25, -0.2) is 0 Å². The lowest BCUT2D eigenvalue weighted by Crippen LogP contribution is -2.25. The van der Waals surface area contributed by atoms with Crippen molar-refractivity contribution in [1.29, 1.82) is 0 Å². The fourth-order valence-corrected chi connectivity index (χ4v) is 1.28. The molecule has 0 aliphatic rings. The summed E-state index contributed by atoms with van der Waals surface area (Å²) in [5.74, 6) is -1.13. The number of carboxylic acid groups (broad SMARTS) is 1. The zero-order chi connectivity index (χ0) is 14.5. The molecule has 0 aliphatic heterocycles. The van der Waals surface area contributed by atoms with Gasteiger partial charge in [-0.2, -0.15) is 0 Å².